The molecule has 3 aromatic heterocycles. The normalized spacial score (nSPS) is 15.4. The predicted molar refractivity (Wildman–Crippen MR) is 212 cm³/mol. The van der Waals surface area contributed by atoms with Crippen LogP contribution in [0.5, 0.6) is 11.5 Å². The average Bonchev–Trinajstić information content (AvgIpc) is 3.79. The molecule has 7 aromatic rings. The molecule has 262 valence electrons. The maximum Gasteiger partial charge on any atom is 0.494 e. The van der Waals surface area contributed by atoms with Crippen molar-refractivity contribution in [2.45, 2.75) is 78.4 Å². The Labute approximate surface area is 306 Å². The van der Waals surface area contributed by atoms with E-state index >= 15 is 0 Å². The lowest BCUT2D eigenvalue weighted by molar-refractivity contribution is 0.00578. The third-order valence-corrected chi connectivity index (χ3v) is 10.7. The van der Waals surface area contributed by atoms with Gasteiger partial charge in [0.05, 0.1) is 27.9 Å². The van der Waals surface area contributed by atoms with Crippen molar-refractivity contribution < 1.29 is 14.0 Å². The minimum Gasteiger partial charge on any atom is -0.457 e. The lowest BCUT2D eigenvalue weighted by atomic mass is 9.75. The van der Waals surface area contributed by atoms with Gasteiger partial charge in [0.25, 0.3) is 0 Å². The monoisotopic (exact) mass is 688 g/mol. The van der Waals surface area contributed by atoms with E-state index in [1.807, 2.05) is 48.8 Å². The Kier molecular flexibility index (Phi) is 8.35. The summed E-state index contributed by atoms with van der Waals surface area (Å²) in [5, 5.41) is 2.32. The number of nitrogens with zero attached hydrogens (tertiary/aromatic N) is 4. The van der Waals surface area contributed by atoms with Crippen LogP contribution in [-0.2, 0) is 9.31 Å². The molecule has 4 aromatic carbocycles. The largest absolute Gasteiger partial charge is 0.494 e. The topological polar surface area (TPSA) is 63.3 Å². The minimum absolute atomic E-state index is 0.247. The number of aromatic nitrogens is 4. The van der Waals surface area contributed by atoms with Crippen molar-refractivity contribution in [1.82, 2.24) is 19.1 Å². The molecule has 0 saturated carbocycles. The molecule has 0 N–H and O–H groups in total. The Morgan fingerprint density at radius 2 is 1.33 bits per heavy atom. The van der Waals surface area contributed by atoms with Gasteiger partial charge >= 0.3 is 7.12 Å². The lowest BCUT2D eigenvalue weighted by Crippen LogP contribution is -2.41. The molecule has 1 saturated heterocycles. The first-order valence-corrected chi connectivity index (χ1v) is 18.2. The van der Waals surface area contributed by atoms with Crippen molar-refractivity contribution in [2.75, 3.05) is 0 Å². The molecule has 1 fully saturated rings. The maximum absolute atomic E-state index is 6.59. The highest BCUT2D eigenvalue weighted by atomic mass is 16.7. The Bertz CT molecular complexity index is 2380. The van der Waals surface area contributed by atoms with Crippen LogP contribution in [0.2, 0.25) is 0 Å². The van der Waals surface area contributed by atoms with Gasteiger partial charge in [-0.3, -0.25) is 9.13 Å². The summed E-state index contributed by atoms with van der Waals surface area (Å²) in [5.74, 6) is 3.69. The van der Waals surface area contributed by atoms with Crippen LogP contribution in [0, 0.1) is 0 Å². The van der Waals surface area contributed by atoms with Crippen LogP contribution in [0.3, 0.4) is 0 Å². The zero-order chi connectivity index (χ0) is 36.4. The van der Waals surface area contributed by atoms with Gasteiger partial charge in [-0.1, -0.05) is 76.2 Å². The van der Waals surface area contributed by atoms with E-state index in [1.54, 1.807) is 0 Å². The van der Waals surface area contributed by atoms with E-state index in [2.05, 4.69) is 136 Å². The molecule has 1 aliphatic rings. The second-order valence-electron chi connectivity index (χ2n) is 15.4. The number of rotatable bonds is 8. The van der Waals surface area contributed by atoms with Crippen LogP contribution in [0.25, 0.3) is 44.7 Å². The summed E-state index contributed by atoms with van der Waals surface area (Å²) < 4.78 is 24.0. The van der Waals surface area contributed by atoms with Crippen molar-refractivity contribution in [2.24, 2.45) is 0 Å². The van der Waals surface area contributed by atoms with E-state index < -0.39 is 18.3 Å². The first kappa shape index (κ1) is 33.9. The first-order valence-electron chi connectivity index (χ1n) is 18.2. The number of benzene rings is 4. The first-order chi connectivity index (χ1) is 24.9. The fraction of sp³-hybridized carbons (Fsp3) is 0.273. The number of imidazole rings is 1. The van der Waals surface area contributed by atoms with Gasteiger partial charge in [-0.2, -0.15) is 0 Å². The number of pyridine rings is 1. The Morgan fingerprint density at radius 1 is 0.654 bits per heavy atom. The van der Waals surface area contributed by atoms with E-state index in [0.717, 1.165) is 56.3 Å². The number of hydrogen-bond acceptors (Lipinski definition) is 5. The molecule has 8 heteroatoms. The number of fused-ring (bicyclic) bond motifs is 3. The molecular weight excluding hydrogens is 643 g/mol. The van der Waals surface area contributed by atoms with Crippen LogP contribution in [0.1, 0.15) is 78.4 Å². The molecule has 0 unspecified atom stereocenters. The van der Waals surface area contributed by atoms with Gasteiger partial charge in [0.2, 0.25) is 0 Å². The molecule has 52 heavy (non-hydrogen) atoms. The molecular formula is C44H45BN4O3. The van der Waals surface area contributed by atoms with E-state index in [9.17, 15) is 0 Å². The van der Waals surface area contributed by atoms with E-state index in [4.69, 9.17) is 19.0 Å². The fourth-order valence-corrected chi connectivity index (χ4v) is 7.26. The maximum atomic E-state index is 6.59. The lowest BCUT2D eigenvalue weighted by Gasteiger charge is -2.32. The van der Waals surface area contributed by atoms with Crippen LogP contribution in [0.4, 0.5) is 0 Å². The summed E-state index contributed by atoms with van der Waals surface area (Å²) in [5.41, 5.74) is 6.91. The highest BCUT2D eigenvalue weighted by Crippen LogP contribution is 2.40. The van der Waals surface area contributed by atoms with Crippen LogP contribution >= 0.6 is 0 Å². The number of hydrogen-bond donors (Lipinski definition) is 0. The fourth-order valence-electron chi connectivity index (χ4n) is 7.26. The number of para-hydroxylation sites is 1. The Balaban J connectivity index is 1.17. The smallest absolute Gasteiger partial charge is 0.457 e. The molecule has 8 rings (SSSR count). The second-order valence-corrected chi connectivity index (χ2v) is 15.4. The van der Waals surface area contributed by atoms with Gasteiger partial charge < -0.3 is 14.0 Å². The summed E-state index contributed by atoms with van der Waals surface area (Å²) in [6, 6.07) is 33.4. The summed E-state index contributed by atoms with van der Waals surface area (Å²) in [6.45, 7) is 17.4. The molecule has 4 heterocycles. The van der Waals surface area contributed by atoms with Crippen LogP contribution in [0.15, 0.2) is 116 Å². The quantitative estimate of drug-likeness (QED) is 0.149. The molecule has 7 nitrogen and oxygen atoms in total. The number of ether oxygens (including phenoxy) is 1. The zero-order valence-electron chi connectivity index (χ0n) is 31.2. The van der Waals surface area contributed by atoms with Crippen LogP contribution < -0.4 is 10.2 Å². The molecule has 0 bridgehead atoms. The molecule has 0 aliphatic carbocycles. The predicted octanol–water partition coefficient (Wildman–Crippen LogP) is 10.4. The van der Waals surface area contributed by atoms with Crippen molar-refractivity contribution >= 4 is 34.4 Å². The Morgan fingerprint density at radius 3 is 2.02 bits per heavy atom. The summed E-state index contributed by atoms with van der Waals surface area (Å²) in [7, 11) is -0.436. The second kappa shape index (κ2) is 12.8. The van der Waals surface area contributed by atoms with Gasteiger partial charge in [-0.15, -0.1) is 0 Å². The highest BCUT2D eigenvalue weighted by Gasteiger charge is 2.52. The van der Waals surface area contributed by atoms with Crippen LogP contribution in [-0.4, -0.2) is 37.4 Å². The molecule has 0 spiro atoms. The van der Waals surface area contributed by atoms with Gasteiger partial charge in [0, 0.05) is 41.0 Å². The SMILES string of the molecule is CC(C)c1cc(B2OC(C)(C)C(C)(C)O2)cc(C(C)C)c1-n1ccnc1-c1cccc(Oc2ccc3c4ccccc4n(-c4ccccn4)c3c2)c1. The van der Waals surface area contributed by atoms with Crippen molar-refractivity contribution in [3.63, 3.8) is 0 Å². The van der Waals surface area contributed by atoms with Gasteiger partial charge in [0.15, 0.2) is 0 Å². The molecule has 0 atom stereocenters. The zero-order valence-corrected chi connectivity index (χ0v) is 31.2. The van der Waals surface area contributed by atoms with Crippen molar-refractivity contribution in [3.8, 4) is 34.4 Å². The summed E-state index contributed by atoms with van der Waals surface area (Å²) in [6.07, 6.45) is 5.77. The van der Waals surface area contributed by atoms with E-state index in [1.165, 1.54) is 16.5 Å². The minimum atomic E-state index is -0.436. The third-order valence-electron chi connectivity index (χ3n) is 10.7. The Hall–Kier alpha value is -5.18. The molecule has 0 radical (unpaired) electrons. The molecule has 0 amide bonds. The van der Waals surface area contributed by atoms with E-state index in [-0.39, 0.29) is 11.8 Å². The third kappa shape index (κ3) is 5.80. The van der Waals surface area contributed by atoms with Gasteiger partial charge in [0.1, 0.15) is 23.1 Å². The summed E-state index contributed by atoms with van der Waals surface area (Å²) in [4.78, 5) is 9.59. The highest BCUT2D eigenvalue weighted by molar-refractivity contribution is 6.62. The summed E-state index contributed by atoms with van der Waals surface area (Å²) >= 11 is 0. The van der Waals surface area contributed by atoms with Crippen molar-refractivity contribution in [3.05, 3.63) is 127 Å². The average molecular weight is 689 g/mol. The van der Waals surface area contributed by atoms with Gasteiger partial charge in [-0.05, 0) is 98.6 Å². The van der Waals surface area contributed by atoms with Gasteiger partial charge in [-0.25, -0.2) is 9.97 Å². The van der Waals surface area contributed by atoms with E-state index in [0.29, 0.717) is 0 Å². The molecule has 1 aliphatic heterocycles. The van der Waals surface area contributed by atoms with Crippen molar-refractivity contribution in [1.29, 1.82) is 0 Å². The standard InChI is InChI=1S/C44H45BN4O3/c1-28(2)36-25-31(45-51-43(5,6)44(7,8)52-45)26-37(29(3)4)41(36)48-23-22-47-42(48)30-14-13-15-32(24-30)50-33-19-20-35-34-16-9-10-17-38(34)49(39(35)27-33)40-18-11-12-21-46-40/h9-29H,1-8H3.